The van der Waals surface area contributed by atoms with E-state index in [-0.39, 0.29) is 18.4 Å². The highest BCUT2D eigenvalue weighted by Gasteiger charge is 2.18. The monoisotopic (exact) mass is 439 g/mol. The normalized spacial score (nSPS) is 13.3. The summed E-state index contributed by atoms with van der Waals surface area (Å²) in [6.45, 7) is 5.19. The second kappa shape index (κ2) is 12.6. The molecule has 1 heterocycles. The van der Waals surface area contributed by atoms with E-state index < -0.39 is 0 Å². The molecule has 1 aliphatic heterocycles. The molecule has 1 fully saturated rings. The Morgan fingerprint density at radius 3 is 2.47 bits per heavy atom. The maximum atomic E-state index is 12.5. The number of carbonyl (C=O) groups excluding carboxylic acids is 2. The van der Waals surface area contributed by atoms with Gasteiger partial charge in [-0.2, -0.15) is 0 Å². The van der Waals surface area contributed by atoms with E-state index in [0.717, 1.165) is 44.6 Å². The molecule has 7 nitrogen and oxygen atoms in total. The quantitative estimate of drug-likeness (QED) is 0.522. The fraction of sp³-hybridized carbons (Fsp3) is 0.440. The van der Waals surface area contributed by atoms with Crippen LogP contribution in [-0.2, 0) is 4.79 Å². The van der Waals surface area contributed by atoms with Crippen molar-refractivity contribution in [3.05, 3.63) is 54.1 Å². The van der Waals surface area contributed by atoms with Gasteiger partial charge < -0.3 is 25.0 Å². The minimum atomic E-state index is -0.165. The molecule has 0 unspecified atom stereocenters. The Bertz CT molecular complexity index is 867. The number of anilines is 1. The molecule has 0 radical (unpaired) electrons. The van der Waals surface area contributed by atoms with Crippen LogP contribution in [0.4, 0.5) is 5.69 Å². The molecule has 0 bridgehead atoms. The van der Waals surface area contributed by atoms with Crippen LogP contribution in [0.5, 0.6) is 11.5 Å². The van der Waals surface area contributed by atoms with Crippen LogP contribution in [0.15, 0.2) is 48.5 Å². The van der Waals surface area contributed by atoms with Crippen LogP contribution in [-0.4, -0.2) is 56.1 Å². The third-order valence-electron chi connectivity index (χ3n) is 5.31. The fourth-order valence-corrected chi connectivity index (χ4v) is 3.59. The van der Waals surface area contributed by atoms with Crippen molar-refractivity contribution in [3.8, 4) is 11.5 Å². The Hall–Kier alpha value is -3.22. The Morgan fingerprint density at radius 1 is 0.938 bits per heavy atom. The predicted octanol–water partition coefficient (Wildman–Crippen LogP) is 3.71. The molecular formula is C25H33N3O4. The van der Waals surface area contributed by atoms with Gasteiger partial charge in [0.25, 0.3) is 11.8 Å². The van der Waals surface area contributed by atoms with E-state index >= 15 is 0 Å². The molecule has 32 heavy (non-hydrogen) atoms. The molecule has 7 heteroatoms. The van der Waals surface area contributed by atoms with Crippen LogP contribution in [0, 0.1) is 0 Å². The Morgan fingerprint density at radius 2 is 1.72 bits per heavy atom. The van der Waals surface area contributed by atoms with Crippen molar-refractivity contribution in [2.24, 2.45) is 0 Å². The predicted molar refractivity (Wildman–Crippen MR) is 125 cm³/mol. The van der Waals surface area contributed by atoms with Gasteiger partial charge in [-0.1, -0.05) is 18.2 Å². The summed E-state index contributed by atoms with van der Waals surface area (Å²) < 4.78 is 11.4. The zero-order valence-corrected chi connectivity index (χ0v) is 18.8. The maximum Gasteiger partial charge on any atom is 0.260 e. The first-order chi connectivity index (χ1) is 15.7. The number of ether oxygens (including phenoxy) is 2. The van der Waals surface area contributed by atoms with Gasteiger partial charge in [-0.05, 0) is 62.9 Å². The van der Waals surface area contributed by atoms with E-state index in [4.69, 9.17) is 9.47 Å². The number of carbonyl (C=O) groups is 2. The van der Waals surface area contributed by atoms with Gasteiger partial charge in [-0.25, -0.2) is 0 Å². The summed E-state index contributed by atoms with van der Waals surface area (Å²) in [5.74, 6) is 0.762. The lowest BCUT2D eigenvalue weighted by Crippen LogP contribution is -2.38. The number of nitrogens with one attached hydrogen (secondary N) is 2. The average molecular weight is 440 g/mol. The Balaban J connectivity index is 1.47. The molecule has 0 aliphatic carbocycles. The van der Waals surface area contributed by atoms with Gasteiger partial charge in [-0.15, -0.1) is 0 Å². The molecule has 2 N–H and O–H groups in total. The molecule has 0 spiro atoms. The topological polar surface area (TPSA) is 79.9 Å². The van der Waals surface area contributed by atoms with E-state index in [2.05, 4.69) is 10.6 Å². The standard InChI is InChI=1S/C25H33N3O4/c1-2-31-23-18-20(25(30)27-15-9-14-26-21-10-5-3-6-11-21)12-13-22(23)32-19-24(29)28-16-7-4-8-17-28/h3,5-6,10-13,18,26H,2,4,7-9,14-17,19H2,1H3,(H,27,30). The van der Waals surface area contributed by atoms with Gasteiger partial charge in [0.1, 0.15) is 0 Å². The van der Waals surface area contributed by atoms with Gasteiger partial charge >= 0.3 is 0 Å². The third kappa shape index (κ3) is 7.18. The van der Waals surface area contributed by atoms with Crippen molar-refractivity contribution >= 4 is 17.5 Å². The molecule has 0 atom stereocenters. The van der Waals surface area contributed by atoms with E-state index in [0.29, 0.717) is 30.2 Å². The van der Waals surface area contributed by atoms with Crippen LogP contribution in [0.2, 0.25) is 0 Å². The smallest absolute Gasteiger partial charge is 0.260 e. The molecule has 172 valence electrons. The van der Waals surface area contributed by atoms with Gasteiger partial charge in [-0.3, -0.25) is 9.59 Å². The molecule has 3 rings (SSSR count). The number of rotatable bonds is 11. The molecule has 0 aromatic heterocycles. The Labute approximate surface area is 190 Å². The van der Waals surface area contributed by atoms with Gasteiger partial charge in [0.15, 0.2) is 18.1 Å². The van der Waals surface area contributed by atoms with Crippen LogP contribution < -0.4 is 20.1 Å². The first-order valence-electron chi connectivity index (χ1n) is 11.4. The zero-order valence-electron chi connectivity index (χ0n) is 18.8. The fourth-order valence-electron chi connectivity index (χ4n) is 3.59. The average Bonchev–Trinajstić information content (AvgIpc) is 2.84. The lowest BCUT2D eigenvalue weighted by atomic mass is 10.1. The van der Waals surface area contributed by atoms with Crippen molar-refractivity contribution in [2.45, 2.75) is 32.6 Å². The summed E-state index contributed by atoms with van der Waals surface area (Å²) in [5, 5.41) is 6.25. The summed E-state index contributed by atoms with van der Waals surface area (Å²) in [4.78, 5) is 26.7. The van der Waals surface area contributed by atoms with Crippen LogP contribution in [0.25, 0.3) is 0 Å². The SMILES string of the molecule is CCOc1cc(C(=O)NCCCNc2ccccc2)ccc1OCC(=O)N1CCCCC1. The summed E-state index contributed by atoms with van der Waals surface area (Å²) in [7, 11) is 0. The van der Waals surface area contributed by atoms with Crippen LogP contribution in [0.1, 0.15) is 43.0 Å². The lowest BCUT2D eigenvalue weighted by molar-refractivity contribution is -0.134. The number of hydrogen-bond donors (Lipinski definition) is 2. The maximum absolute atomic E-state index is 12.5. The van der Waals surface area contributed by atoms with E-state index in [9.17, 15) is 9.59 Å². The summed E-state index contributed by atoms with van der Waals surface area (Å²) in [6, 6.07) is 15.0. The zero-order chi connectivity index (χ0) is 22.6. The van der Waals surface area contributed by atoms with Crippen LogP contribution in [0.3, 0.4) is 0 Å². The van der Waals surface area contributed by atoms with Gasteiger partial charge in [0.05, 0.1) is 6.61 Å². The van der Waals surface area contributed by atoms with Gasteiger partial charge in [0.2, 0.25) is 0 Å². The number of nitrogens with zero attached hydrogens (tertiary/aromatic N) is 1. The molecule has 2 aromatic carbocycles. The first kappa shape index (κ1) is 23.4. The van der Waals surface area contributed by atoms with E-state index in [1.807, 2.05) is 42.2 Å². The summed E-state index contributed by atoms with van der Waals surface area (Å²) >= 11 is 0. The first-order valence-corrected chi connectivity index (χ1v) is 11.4. The molecule has 0 saturated carbocycles. The van der Waals surface area contributed by atoms with Crippen molar-refractivity contribution in [1.82, 2.24) is 10.2 Å². The van der Waals surface area contributed by atoms with Gasteiger partial charge in [0, 0.05) is 37.4 Å². The number of likely N-dealkylation sites (tertiary alicyclic amines) is 1. The number of hydrogen-bond acceptors (Lipinski definition) is 5. The number of para-hydroxylation sites is 1. The second-order valence-electron chi connectivity index (χ2n) is 7.73. The van der Waals surface area contributed by atoms with E-state index in [1.54, 1.807) is 18.2 Å². The van der Waals surface area contributed by atoms with E-state index in [1.165, 1.54) is 6.42 Å². The molecule has 1 aliphatic rings. The molecule has 2 amide bonds. The highest BCUT2D eigenvalue weighted by molar-refractivity contribution is 5.94. The highest BCUT2D eigenvalue weighted by atomic mass is 16.5. The van der Waals surface area contributed by atoms with Crippen LogP contribution >= 0.6 is 0 Å². The second-order valence-corrected chi connectivity index (χ2v) is 7.73. The third-order valence-corrected chi connectivity index (χ3v) is 5.31. The highest BCUT2D eigenvalue weighted by Crippen LogP contribution is 2.28. The van der Waals surface area contributed by atoms with Crippen molar-refractivity contribution < 1.29 is 19.1 Å². The minimum Gasteiger partial charge on any atom is -0.490 e. The van der Waals surface area contributed by atoms with Crippen molar-refractivity contribution in [1.29, 1.82) is 0 Å². The molecule has 1 saturated heterocycles. The van der Waals surface area contributed by atoms with Crippen molar-refractivity contribution in [2.75, 3.05) is 44.7 Å². The number of amides is 2. The lowest BCUT2D eigenvalue weighted by Gasteiger charge is -2.26. The largest absolute Gasteiger partial charge is 0.490 e. The molecule has 2 aromatic rings. The Kier molecular flexibility index (Phi) is 9.22. The molecular weight excluding hydrogens is 406 g/mol. The van der Waals surface area contributed by atoms with Crippen molar-refractivity contribution in [3.63, 3.8) is 0 Å². The summed E-state index contributed by atoms with van der Waals surface area (Å²) in [5.41, 5.74) is 1.56. The minimum absolute atomic E-state index is 0.0157. The summed E-state index contributed by atoms with van der Waals surface area (Å²) in [6.07, 6.45) is 4.06. The number of piperidine rings is 1. The number of benzene rings is 2.